The van der Waals surface area contributed by atoms with Crippen molar-refractivity contribution in [1.82, 2.24) is 5.32 Å². The van der Waals surface area contributed by atoms with Crippen molar-refractivity contribution in [3.8, 4) is 5.75 Å². The van der Waals surface area contributed by atoms with Crippen LogP contribution < -0.4 is 10.1 Å². The van der Waals surface area contributed by atoms with Crippen LogP contribution in [0.1, 0.15) is 64.4 Å². The molecule has 0 saturated heterocycles. The zero-order valence-electron chi connectivity index (χ0n) is 13.6. The Morgan fingerprint density at radius 3 is 2.52 bits per heavy atom. The lowest BCUT2D eigenvalue weighted by Gasteiger charge is -2.13. The second-order valence-corrected chi connectivity index (χ2v) is 5.92. The average molecular weight is 312 g/mol. The Balaban J connectivity index is 2.34. The lowest BCUT2D eigenvalue weighted by molar-refractivity contribution is 0.300. The van der Waals surface area contributed by atoms with E-state index in [1.54, 1.807) is 0 Å². The molecule has 3 heteroatoms. The summed E-state index contributed by atoms with van der Waals surface area (Å²) in [7, 11) is 0. The molecule has 0 aliphatic rings. The molecule has 0 amide bonds. The summed E-state index contributed by atoms with van der Waals surface area (Å²) in [4.78, 5) is 0. The highest BCUT2D eigenvalue weighted by Gasteiger charge is 2.07. The number of benzene rings is 1. The fourth-order valence-electron chi connectivity index (χ4n) is 2.30. The van der Waals surface area contributed by atoms with E-state index in [0.29, 0.717) is 0 Å². The molecule has 0 saturated carbocycles. The third-order valence-corrected chi connectivity index (χ3v) is 3.91. The van der Waals surface area contributed by atoms with Crippen molar-refractivity contribution in [2.75, 3.05) is 13.2 Å². The van der Waals surface area contributed by atoms with Crippen LogP contribution in [0.2, 0.25) is 5.02 Å². The van der Waals surface area contributed by atoms with E-state index in [0.717, 1.165) is 48.9 Å². The summed E-state index contributed by atoms with van der Waals surface area (Å²) in [6.07, 6.45) is 8.81. The Hall–Kier alpha value is -0.730. The lowest BCUT2D eigenvalue weighted by Crippen LogP contribution is -2.15. The molecule has 0 atom stereocenters. The minimum absolute atomic E-state index is 0.777. The van der Waals surface area contributed by atoms with E-state index in [1.807, 2.05) is 18.2 Å². The minimum atomic E-state index is 0.777. The van der Waals surface area contributed by atoms with Gasteiger partial charge in [0.2, 0.25) is 0 Å². The van der Waals surface area contributed by atoms with Gasteiger partial charge in [0.05, 0.1) is 6.61 Å². The van der Waals surface area contributed by atoms with Crippen molar-refractivity contribution in [3.63, 3.8) is 0 Å². The smallest absolute Gasteiger partial charge is 0.125 e. The molecule has 0 heterocycles. The van der Waals surface area contributed by atoms with Crippen molar-refractivity contribution in [3.05, 3.63) is 28.8 Å². The molecule has 0 fully saturated rings. The van der Waals surface area contributed by atoms with Gasteiger partial charge >= 0.3 is 0 Å². The first-order valence-electron chi connectivity index (χ1n) is 8.40. The molecule has 120 valence electrons. The fraction of sp³-hybridized carbons (Fsp3) is 0.667. The van der Waals surface area contributed by atoms with Crippen molar-refractivity contribution < 1.29 is 4.74 Å². The summed E-state index contributed by atoms with van der Waals surface area (Å²) in [5.41, 5.74) is 1.08. The third kappa shape index (κ3) is 7.73. The Morgan fingerprint density at radius 1 is 1.00 bits per heavy atom. The summed E-state index contributed by atoms with van der Waals surface area (Å²) < 4.78 is 5.93. The normalized spacial score (nSPS) is 10.8. The molecule has 1 rings (SSSR count). The van der Waals surface area contributed by atoms with Gasteiger partial charge in [0.1, 0.15) is 5.75 Å². The topological polar surface area (TPSA) is 21.3 Å². The van der Waals surface area contributed by atoms with Crippen molar-refractivity contribution in [2.45, 2.75) is 65.3 Å². The van der Waals surface area contributed by atoms with Crippen LogP contribution in [-0.4, -0.2) is 13.2 Å². The van der Waals surface area contributed by atoms with E-state index >= 15 is 0 Å². The maximum Gasteiger partial charge on any atom is 0.125 e. The van der Waals surface area contributed by atoms with Crippen LogP contribution in [0.4, 0.5) is 0 Å². The molecule has 21 heavy (non-hydrogen) atoms. The molecule has 0 aromatic heterocycles. The molecular formula is C18H30ClNO. The number of rotatable bonds is 12. The number of nitrogens with one attached hydrogen (secondary N) is 1. The first-order chi connectivity index (χ1) is 10.3. The van der Waals surface area contributed by atoms with E-state index in [9.17, 15) is 0 Å². The summed E-state index contributed by atoms with van der Waals surface area (Å²) in [6.45, 7) is 6.97. The maximum atomic E-state index is 6.29. The van der Waals surface area contributed by atoms with Gasteiger partial charge in [-0.2, -0.15) is 0 Å². The van der Waals surface area contributed by atoms with E-state index < -0.39 is 0 Å². The highest BCUT2D eigenvalue weighted by molar-refractivity contribution is 6.31. The molecule has 1 aromatic rings. The molecule has 0 aliphatic carbocycles. The van der Waals surface area contributed by atoms with Gasteiger partial charge in [-0.1, -0.05) is 63.6 Å². The van der Waals surface area contributed by atoms with Gasteiger partial charge in [0.25, 0.3) is 0 Å². The number of ether oxygens (including phenoxy) is 1. The van der Waals surface area contributed by atoms with Crippen LogP contribution >= 0.6 is 11.6 Å². The van der Waals surface area contributed by atoms with Crippen molar-refractivity contribution in [1.29, 1.82) is 0 Å². The molecule has 0 radical (unpaired) electrons. The van der Waals surface area contributed by atoms with Gasteiger partial charge in [-0.3, -0.25) is 0 Å². The van der Waals surface area contributed by atoms with E-state index in [2.05, 4.69) is 19.2 Å². The average Bonchev–Trinajstić information content (AvgIpc) is 2.49. The summed E-state index contributed by atoms with van der Waals surface area (Å²) in [5.74, 6) is 0.930. The Kier molecular flexibility index (Phi) is 10.4. The number of unbranched alkanes of at least 4 members (excludes halogenated alkanes) is 5. The molecule has 0 aliphatic heterocycles. The van der Waals surface area contributed by atoms with Gasteiger partial charge in [-0.15, -0.1) is 0 Å². The van der Waals surface area contributed by atoms with Gasteiger partial charge in [-0.25, -0.2) is 0 Å². The second kappa shape index (κ2) is 11.9. The maximum absolute atomic E-state index is 6.29. The predicted octanol–water partition coefficient (Wildman–Crippen LogP) is 5.58. The van der Waals surface area contributed by atoms with Crippen LogP contribution in [0.15, 0.2) is 18.2 Å². The molecule has 1 N–H and O–H groups in total. The summed E-state index contributed by atoms with van der Waals surface area (Å²) in [5, 5.41) is 4.18. The highest BCUT2D eigenvalue weighted by Crippen LogP contribution is 2.26. The Morgan fingerprint density at radius 2 is 1.76 bits per heavy atom. The molecule has 0 bridgehead atoms. The Labute approximate surface area is 135 Å². The largest absolute Gasteiger partial charge is 0.493 e. The monoisotopic (exact) mass is 311 g/mol. The van der Waals surface area contributed by atoms with E-state index in [4.69, 9.17) is 16.3 Å². The van der Waals surface area contributed by atoms with Crippen molar-refractivity contribution in [2.24, 2.45) is 0 Å². The SMILES string of the molecule is CCCCCCCCOc1cccc(Cl)c1CNCCC. The molecular weight excluding hydrogens is 282 g/mol. The number of hydrogen-bond donors (Lipinski definition) is 1. The van der Waals surface area contributed by atoms with Crippen LogP contribution in [0.25, 0.3) is 0 Å². The predicted molar refractivity (Wildman–Crippen MR) is 92.3 cm³/mol. The van der Waals surface area contributed by atoms with Crippen molar-refractivity contribution >= 4 is 11.6 Å². The summed E-state index contributed by atoms with van der Waals surface area (Å²) in [6, 6.07) is 5.91. The quantitative estimate of drug-likeness (QED) is 0.509. The molecule has 0 spiro atoms. The van der Waals surface area contributed by atoms with Gasteiger partial charge in [0.15, 0.2) is 0 Å². The van der Waals surface area contributed by atoms with Crippen LogP contribution in [0.3, 0.4) is 0 Å². The summed E-state index contributed by atoms with van der Waals surface area (Å²) >= 11 is 6.29. The minimum Gasteiger partial charge on any atom is -0.493 e. The van der Waals surface area contributed by atoms with Gasteiger partial charge in [0, 0.05) is 17.1 Å². The lowest BCUT2D eigenvalue weighted by atomic mass is 10.1. The zero-order valence-corrected chi connectivity index (χ0v) is 14.3. The van der Waals surface area contributed by atoms with Crippen LogP contribution in [0, 0.1) is 0 Å². The van der Waals surface area contributed by atoms with Crippen LogP contribution in [0.5, 0.6) is 5.75 Å². The zero-order chi connectivity index (χ0) is 15.3. The standard InChI is InChI=1S/C18H30ClNO/c1-3-5-6-7-8-9-14-21-18-12-10-11-17(19)16(18)15-20-13-4-2/h10-12,20H,3-9,13-15H2,1-2H3. The number of halogens is 1. The third-order valence-electron chi connectivity index (χ3n) is 3.56. The number of hydrogen-bond acceptors (Lipinski definition) is 2. The van der Waals surface area contributed by atoms with Gasteiger partial charge < -0.3 is 10.1 Å². The fourth-order valence-corrected chi connectivity index (χ4v) is 2.53. The molecule has 2 nitrogen and oxygen atoms in total. The molecule has 1 aromatic carbocycles. The van der Waals surface area contributed by atoms with Gasteiger partial charge in [-0.05, 0) is 31.5 Å². The first kappa shape index (κ1) is 18.3. The van der Waals surface area contributed by atoms with E-state index in [-0.39, 0.29) is 0 Å². The van der Waals surface area contributed by atoms with E-state index in [1.165, 1.54) is 32.1 Å². The second-order valence-electron chi connectivity index (χ2n) is 5.51. The van der Waals surface area contributed by atoms with Crippen LogP contribution in [-0.2, 0) is 6.54 Å². The Bertz CT molecular complexity index is 381. The molecule has 0 unspecified atom stereocenters. The first-order valence-corrected chi connectivity index (χ1v) is 8.78. The highest BCUT2D eigenvalue weighted by atomic mass is 35.5.